The molecule has 124 valence electrons. The molecule has 1 N–H and O–H groups in total. The zero-order chi connectivity index (χ0) is 15.5. The maximum absolute atomic E-state index is 12.5. The van der Waals surface area contributed by atoms with E-state index in [1.54, 1.807) is 11.4 Å². The van der Waals surface area contributed by atoms with Gasteiger partial charge in [-0.2, -0.15) is 0 Å². The van der Waals surface area contributed by atoms with Gasteiger partial charge in [-0.1, -0.05) is 13.8 Å². The lowest BCUT2D eigenvalue weighted by molar-refractivity contribution is 0.174. The van der Waals surface area contributed by atoms with Crippen molar-refractivity contribution in [3.8, 4) is 0 Å². The van der Waals surface area contributed by atoms with E-state index in [0.717, 1.165) is 58.0 Å². The van der Waals surface area contributed by atoms with E-state index in [0.29, 0.717) is 17.1 Å². The van der Waals surface area contributed by atoms with Gasteiger partial charge >= 0.3 is 0 Å². The smallest absolute Gasteiger partial charge is 0.214 e. The molecule has 5 heteroatoms. The molecule has 21 heavy (non-hydrogen) atoms. The Labute approximate surface area is 130 Å². The van der Waals surface area contributed by atoms with Crippen LogP contribution in [0.5, 0.6) is 0 Å². The van der Waals surface area contributed by atoms with Crippen LogP contribution in [0.1, 0.15) is 58.8 Å². The largest absolute Gasteiger partial charge is 0.317 e. The molecular formula is C16H32N2O2S. The Morgan fingerprint density at radius 1 is 1.10 bits per heavy atom. The summed E-state index contributed by atoms with van der Waals surface area (Å²) in [4.78, 5) is 0. The average molecular weight is 317 g/mol. The van der Waals surface area contributed by atoms with E-state index in [1.807, 2.05) is 0 Å². The van der Waals surface area contributed by atoms with E-state index in [1.165, 1.54) is 0 Å². The monoisotopic (exact) mass is 316 g/mol. The first-order valence-corrected chi connectivity index (χ1v) is 10.1. The number of sulfonamides is 1. The highest BCUT2D eigenvalue weighted by molar-refractivity contribution is 7.89. The second-order valence-corrected chi connectivity index (χ2v) is 9.86. The summed E-state index contributed by atoms with van der Waals surface area (Å²) >= 11 is 0. The third-order valence-electron chi connectivity index (χ3n) is 5.50. The molecule has 0 aromatic carbocycles. The molecule has 0 spiro atoms. The lowest BCUT2D eigenvalue weighted by atomic mass is 9.76. The Kier molecular flexibility index (Phi) is 5.71. The molecule has 1 aliphatic heterocycles. The minimum absolute atomic E-state index is 0.219. The van der Waals surface area contributed by atoms with Crippen molar-refractivity contribution < 1.29 is 8.42 Å². The lowest BCUT2D eigenvalue weighted by Gasteiger charge is -2.38. The first kappa shape index (κ1) is 17.2. The maximum atomic E-state index is 12.5. The third kappa shape index (κ3) is 4.93. The summed E-state index contributed by atoms with van der Waals surface area (Å²) in [6.45, 7) is 6.65. The van der Waals surface area contributed by atoms with Gasteiger partial charge < -0.3 is 5.32 Å². The van der Waals surface area contributed by atoms with Crippen LogP contribution in [0.15, 0.2) is 0 Å². The Morgan fingerprint density at radius 3 is 2.24 bits per heavy atom. The van der Waals surface area contributed by atoms with Gasteiger partial charge in [-0.3, -0.25) is 0 Å². The van der Waals surface area contributed by atoms with Gasteiger partial charge in [0.1, 0.15) is 0 Å². The van der Waals surface area contributed by atoms with Gasteiger partial charge in [0.15, 0.2) is 0 Å². The van der Waals surface area contributed by atoms with E-state index >= 15 is 0 Å². The van der Waals surface area contributed by atoms with Crippen molar-refractivity contribution in [2.24, 2.45) is 11.3 Å². The van der Waals surface area contributed by atoms with Crippen LogP contribution >= 0.6 is 0 Å². The standard InChI is InChI=1S/C16H32N2O2S/c1-16(2)9-4-15(5-10-16)18(3)21(19,20)13-8-14-6-11-17-12-7-14/h14-15,17H,4-13H2,1-3H3. The summed E-state index contributed by atoms with van der Waals surface area (Å²) in [5.74, 6) is 0.911. The molecule has 0 unspecified atom stereocenters. The van der Waals surface area contributed by atoms with Crippen LogP contribution in [0.2, 0.25) is 0 Å². The summed E-state index contributed by atoms with van der Waals surface area (Å²) in [7, 11) is -1.29. The number of hydrogen-bond acceptors (Lipinski definition) is 3. The van der Waals surface area contributed by atoms with Gasteiger partial charge in [-0.15, -0.1) is 0 Å². The predicted octanol–water partition coefficient (Wildman–Crippen LogP) is 2.61. The molecule has 0 aromatic rings. The van der Waals surface area contributed by atoms with Crippen LogP contribution in [0.4, 0.5) is 0 Å². The number of rotatable bonds is 5. The third-order valence-corrected chi connectivity index (χ3v) is 7.43. The molecule has 0 radical (unpaired) electrons. The van der Waals surface area contributed by atoms with Crippen LogP contribution in [0.3, 0.4) is 0 Å². The highest BCUT2D eigenvalue weighted by Gasteiger charge is 2.33. The van der Waals surface area contributed by atoms with Crippen LogP contribution in [-0.2, 0) is 10.0 Å². The SMILES string of the molecule is CN(C1CCC(C)(C)CC1)S(=O)(=O)CCC1CCNCC1. The van der Waals surface area contributed by atoms with Crippen LogP contribution in [0.25, 0.3) is 0 Å². The Hall–Kier alpha value is -0.130. The quantitative estimate of drug-likeness (QED) is 0.848. The molecule has 2 rings (SSSR count). The molecule has 1 heterocycles. The molecule has 0 atom stereocenters. The first-order valence-electron chi connectivity index (χ1n) is 8.47. The minimum atomic E-state index is -3.08. The molecule has 0 bridgehead atoms. The number of hydrogen-bond donors (Lipinski definition) is 1. The molecule has 4 nitrogen and oxygen atoms in total. The summed E-state index contributed by atoms with van der Waals surface area (Å²) < 4.78 is 26.8. The zero-order valence-electron chi connectivity index (χ0n) is 13.9. The molecule has 2 fully saturated rings. The van der Waals surface area contributed by atoms with Crippen LogP contribution in [0, 0.1) is 11.3 Å². The molecule has 1 saturated heterocycles. The van der Waals surface area contributed by atoms with Crippen molar-refractivity contribution in [1.29, 1.82) is 0 Å². The fraction of sp³-hybridized carbons (Fsp3) is 1.00. The van der Waals surface area contributed by atoms with Gasteiger partial charge in [0.05, 0.1) is 5.75 Å². The Balaban J connectivity index is 1.83. The van der Waals surface area contributed by atoms with Gasteiger partial charge in [-0.25, -0.2) is 12.7 Å². The minimum Gasteiger partial charge on any atom is -0.317 e. The van der Waals surface area contributed by atoms with Crippen LogP contribution in [-0.4, -0.2) is 44.7 Å². The summed E-state index contributed by atoms with van der Waals surface area (Å²) in [6, 6.07) is 0.219. The van der Waals surface area contributed by atoms with E-state index in [4.69, 9.17) is 0 Å². The Bertz CT molecular complexity index is 418. The van der Waals surface area contributed by atoms with E-state index < -0.39 is 10.0 Å². The van der Waals surface area contributed by atoms with Gasteiger partial charge in [0.25, 0.3) is 0 Å². The summed E-state index contributed by atoms with van der Waals surface area (Å²) in [5, 5.41) is 3.33. The molecule has 1 aliphatic carbocycles. The van der Waals surface area contributed by atoms with Crippen molar-refractivity contribution in [3.63, 3.8) is 0 Å². The van der Waals surface area contributed by atoms with Crippen molar-refractivity contribution in [1.82, 2.24) is 9.62 Å². The second-order valence-electron chi connectivity index (χ2n) is 7.71. The summed E-state index contributed by atoms with van der Waals surface area (Å²) in [6.07, 6.45) is 7.35. The summed E-state index contributed by atoms with van der Waals surface area (Å²) in [5.41, 5.74) is 0.385. The topological polar surface area (TPSA) is 49.4 Å². The maximum Gasteiger partial charge on any atom is 0.214 e. The molecule has 2 aliphatic rings. The van der Waals surface area contributed by atoms with Crippen molar-refractivity contribution in [2.75, 3.05) is 25.9 Å². The van der Waals surface area contributed by atoms with E-state index in [2.05, 4.69) is 19.2 Å². The van der Waals surface area contributed by atoms with E-state index in [9.17, 15) is 8.42 Å². The van der Waals surface area contributed by atoms with Crippen molar-refractivity contribution in [3.05, 3.63) is 0 Å². The molecule has 0 amide bonds. The average Bonchev–Trinajstić information content (AvgIpc) is 2.46. The first-order chi connectivity index (χ1) is 9.80. The number of nitrogens with one attached hydrogen (secondary N) is 1. The zero-order valence-corrected chi connectivity index (χ0v) is 14.7. The molecule has 1 saturated carbocycles. The highest BCUT2D eigenvalue weighted by Crippen LogP contribution is 2.37. The fourth-order valence-electron chi connectivity index (χ4n) is 3.60. The number of piperidine rings is 1. The molecular weight excluding hydrogens is 284 g/mol. The molecule has 0 aromatic heterocycles. The van der Waals surface area contributed by atoms with Crippen LogP contribution < -0.4 is 5.32 Å². The Morgan fingerprint density at radius 2 is 1.67 bits per heavy atom. The van der Waals surface area contributed by atoms with Gasteiger partial charge in [-0.05, 0) is 69.4 Å². The van der Waals surface area contributed by atoms with Crippen molar-refractivity contribution in [2.45, 2.75) is 64.8 Å². The normalized spacial score (nSPS) is 25.3. The highest BCUT2D eigenvalue weighted by atomic mass is 32.2. The van der Waals surface area contributed by atoms with Crippen molar-refractivity contribution >= 4 is 10.0 Å². The predicted molar refractivity (Wildman–Crippen MR) is 87.8 cm³/mol. The van der Waals surface area contributed by atoms with Gasteiger partial charge in [0.2, 0.25) is 10.0 Å². The lowest BCUT2D eigenvalue weighted by Crippen LogP contribution is -2.42. The van der Waals surface area contributed by atoms with Gasteiger partial charge in [0, 0.05) is 13.1 Å². The second kappa shape index (κ2) is 6.97. The fourth-order valence-corrected chi connectivity index (χ4v) is 5.19. The number of nitrogens with zero attached hydrogens (tertiary/aromatic N) is 1. The van der Waals surface area contributed by atoms with E-state index in [-0.39, 0.29) is 6.04 Å².